The van der Waals surface area contributed by atoms with Crippen LogP contribution in [-0.2, 0) is 15.3 Å². The molecule has 1 atom stereocenters. The summed E-state index contributed by atoms with van der Waals surface area (Å²) < 4.78 is 30.1. The molecule has 0 spiro atoms. The first-order chi connectivity index (χ1) is 9.62. The molecule has 1 unspecified atom stereocenters. The summed E-state index contributed by atoms with van der Waals surface area (Å²) in [5, 5.41) is 12.1. The maximum absolute atomic E-state index is 12.5. The Hall–Kier alpha value is -1.89. The molecule has 0 fully saturated rings. The quantitative estimate of drug-likeness (QED) is 0.936. The molecule has 2 aromatic rings. The highest BCUT2D eigenvalue weighted by atomic mass is 32.2. The average Bonchev–Trinajstić information content (AvgIpc) is 2.87. The third-order valence-corrected chi connectivity index (χ3v) is 5.15. The van der Waals surface area contributed by atoms with Gasteiger partial charge in [0.1, 0.15) is 11.0 Å². The molecule has 0 amide bonds. The van der Waals surface area contributed by atoms with Crippen LogP contribution in [0.5, 0.6) is 5.75 Å². The topological polar surface area (TPSA) is 93.3 Å². The molecule has 0 saturated heterocycles. The molecule has 0 aliphatic carbocycles. The molecule has 0 aliphatic rings. The van der Waals surface area contributed by atoms with Crippen LogP contribution in [-0.4, -0.2) is 23.7 Å². The van der Waals surface area contributed by atoms with Gasteiger partial charge in [0, 0.05) is 5.41 Å². The molecular weight excluding hydrogens is 292 g/mol. The van der Waals surface area contributed by atoms with E-state index in [4.69, 9.17) is 4.52 Å². The highest BCUT2D eigenvalue weighted by Gasteiger charge is 2.31. The molecule has 114 valence electrons. The van der Waals surface area contributed by atoms with E-state index < -0.39 is 15.1 Å². The Morgan fingerprint density at radius 3 is 2.24 bits per heavy atom. The van der Waals surface area contributed by atoms with E-state index in [0.29, 0.717) is 5.82 Å². The molecule has 0 saturated carbocycles. The van der Waals surface area contributed by atoms with Crippen LogP contribution in [0.1, 0.15) is 44.7 Å². The fourth-order valence-electron chi connectivity index (χ4n) is 1.68. The van der Waals surface area contributed by atoms with Crippen molar-refractivity contribution in [2.24, 2.45) is 0 Å². The minimum atomic E-state index is -3.65. The number of phenolic OH excluding ortho intramolecular Hbond substituents is 1. The number of hydrogen-bond donors (Lipinski definition) is 1. The SMILES string of the molecule is CC(c1nc(C(C)(C)C)no1)S(=O)(=O)c1ccc(O)cc1. The van der Waals surface area contributed by atoms with E-state index in [1.54, 1.807) is 0 Å². The second kappa shape index (κ2) is 5.14. The van der Waals surface area contributed by atoms with Crippen molar-refractivity contribution < 1.29 is 18.0 Å². The third kappa shape index (κ3) is 3.07. The number of phenols is 1. The normalized spacial score (nSPS) is 14.1. The zero-order chi connectivity index (χ0) is 15.8. The lowest BCUT2D eigenvalue weighted by atomic mass is 9.96. The molecule has 0 bridgehead atoms. The van der Waals surface area contributed by atoms with Gasteiger partial charge in [-0.15, -0.1) is 0 Å². The Kier molecular flexibility index (Phi) is 3.79. The summed E-state index contributed by atoms with van der Waals surface area (Å²) in [4.78, 5) is 4.28. The number of sulfone groups is 1. The number of benzene rings is 1. The lowest BCUT2D eigenvalue weighted by Gasteiger charge is -2.11. The monoisotopic (exact) mass is 310 g/mol. The molecule has 21 heavy (non-hydrogen) atoms. The highest BCUT2D eigenvalue weighted by Crippen LogP contribution is 2.29. The van der Waals surface area contributed by atoms with Crippen LogP contribution < -0.4 is 0 Å². The van der Waals surface area contributed by atoms with E-state index in [2.05, 4.69) is 10.1 Å². The van der Waals surface area contributed by atoms with Crippen molar-refractivity contribution in [3.05, 3.63) is 36.0 Å². The number of nitrogens with zero attached hydrogens (tertiary/aromatic N) is 2. The summed E-state index contributed by atoms with van der Waals surface area (Å²) in [7, 11) is -3.65. The second-order valence-corrected chi connectivity index (χ2v) is 8.16. The minimum Gasteiger partial charge on any atom is -0.508 e. The van der Waals surface area contributed by atoms with Crippen molar-refractivity contribution in [1.82, 2.24) is 10.1 Å². The predicted octanol–water partition coefficient (Wildman–Crippen LogP) is 2.61. The van der Waals surface area contributed by atoms with Crippen molar-refractivity contribution in [2.45, 2.75) is 43.3 Å². The Morgan fingerprint density at radius 1 is 1.19 bits per heavy atom. The van der Waals surface area contributed by atoms with Gasteiger partial charge in [0.2, 0.25) is 5.89 Å². The van der Waals surface area contributed by atoms with Gasteiger partial charge in [-0.2, -0.15) is 4.98 Å². The van der Waals surface area contributed by atoms with Gasteiger partial charge in [-0.1, -0.05) is 25.9 Å². The van der Waals surface area contributed by atoms with Crippen molar-refractivity contribution >= 4 is 9.84 Å². The van der Waals surface area contributed by atoms with Gasteiger partial charge in [0.15, 0.2) is 15.7 Å². The highest BCUT2D eigenvalue weighted by molar-refractivity contribution is 7.91. The number of aromatic nitrogens is 2. The lowest BCUT2D eigenvalue weighted by Crippen LogP contribution is -2.15. The molecule has 1 aromatic carbocycles. The van der Waals surface area contributed by atoms with Gasteiger partial charge in [-0.05, 0) is 31.2 Å². The van der Waals surface area contributed by atoms with E-state index in [1.807, 2.05) is 20.8 Å². The maximum atomic E-state index is 12.5. The maximum Gasteiger partial charge on any atom is 0.245 e. The molecule has 7 heteroatoms. The van der Waals surface area contributed by atoms with Crippen molar-refractivity contribution in [1.29, 1.82) is 0 Å². The van der Waals surface area contributed by atoms with E-state index >= 15 is 0 Å². The summed E-state index contributed by atoms with van der Waals surface area (Å²) in [6.45, 7) is 7.25. The Labute approximate surface area is 123 Å². The zero-order valence-corrected chi connectivity index (χ0v) is 13.2. The fourth-order valence-corrected chi connectivity index (χ4v) is 2.96. The molecule has 0 radical (unpaired) electrons. The van der Waals surface area contributed by atoms with Crippen molar-refractivity contribution in [2.75, 3.05) is 0 Å². The van der Waals surface area contributed by atoms with Gasteiger partial charge in [0.05, 0.1) is 4.90 Å². The van der Waals surface area contributed by atoms with E-state index in [-0.39, 0.29) is 22.0 Å². The molecular formula is C14H18N2O4S. The van der Waals surface area contributed by atoms with Gasteiger partial charge >= 0.3 is 0 Å². The second-order valence-electron chi connectivity index (χ2n) is 5.89. The third-order valence-electron chi connectivity index (χ3n) is 3.09. The lowest BCUT2D eigenvalue weighted by molar-refractivity contribution is 0.361. The van der Waals surface area contributed by atoms with Crippen LogP contribution in [0.2, 0.25) is 0 Å². The first-order valence-corrected chi connectivity index (χ1v) is 8.04. The predicted molar refractivity (Wildman–Crippen MR) is 76.7 cm³/mol. The zero-order valence-electron chi connectivity index (χ0n) is 12.4. The van der Waals surface area contributed by atoms with Crippen molar-refractivity contribution in [3.8, 4) is 5.75 Å². The Balaban J connectivity index is 2.36. The largest absolute Gasteiger partial charge is 0.508 e. The van der Waals surface area contributed by atoms with E-state index in [0.717, 1.165) is 0 Å². The number of aromatic hydroxyl groups is 1. The Morgan fingerprint density at radius 2 is 1.76 bits per heavy atom. The summed E-state index contributed by atoms with van der Waals surface area (Å²) in [5.41, 5.74) is -0.316. The first kappa shape index (κ1) is 15.5. The Bertz CT molecular complexity index is 727. The molecule has 6 nitrogen and oxygen atoms in total. The van der Waals surface area contributed by atoms with Gasteiger partial charge in [0.25, 0.3) is 0 Å². The number of rotatable bonds is 3. The van der Waals surface area contributed by atoms with Crippen LogP contribution in [0.3, 0.4) is 0 Å². The van der Waals surface area contributed by atoms with Crippen LogP contribution >= 0.6 is 0 Å². The average molecular weight is 310 g/mol. The summed E-state index contributed by atoms with van der Waals surface area (Å²) in [5.74, 6) is 0.535. The van der Waals surface area contributed by atoms with E-state index in [1.165, 1.54) is 31.2 Å². The summed E-state index contributed by atoms with van der Waals surface area (Å²) in [6, 6.07) is 5.35. The van der Waals surface area contributed by atoms with Crippen LogP contribution in [0.15, 0.2) is 33.7 Å². The number of hydrogen-bond acceptors (Lipinski definition) is 6. The molecule has 1 aromatic heterocycles. The standard InChI is InChI=1S/C14H18N2O4S/c1-9(12-15-13(16-20-12)14(2,3)4)21(18,19)11-7-5-10(17)6-8-11/h5-9,17H,1-4H3. The minimum absolute atomic E-state index is 0.00871. The van der Waals surface area contributed by atoms with Gasteiger partial charge in [-0.25, -0.2) is 8.42 Å². The smallest absolute Gasteiger partial charge is 0.245 e. The van der Waals surface area contributed by atoms with Gasteiger partial charge in [-0.3, -0.25) is 0 Å². The summed E-state index contributed by atoms with van der Waals surface area (Å²) >= 11 is 0. The molecule has 0 aliphatic heterocycles. The fraction of sp³-hybridized carbons (Fsp3) is 0.429. The van der Waals surface area contributed by atoms with Gasteiger partial charge < -0.3 is 9.63 Å². The molecule has 1 heterocycles. The van der Waals surface area contributed by atoms with Crippen LogP contribution in [0.25, 0.3) is 0 Å². The molecule has 2 rings (SSSR count). The molecule has 1 N–H and O–H groups in total. The van der Waals surface area contributed by atoms with Crippen LogP contribution in [0.4, 0.5) is 0 Å². The summed E-state index contributed by atoms with van der Waals surface area (Å²) in [6.07, 6.45) is 0. The first-order valence-electron chi connectivity index (χ1n) is 6.49. The van der Waals surface area contributed by atoms with E-state index in [9.17, 15) is 13.5 Å². The van der Waals surface area contributed by atoms with Crippen LogP contribution in [0, 0.1) is 0 Å². The van der Waals surface area contributed by atoms with Crippen molar-refractivity contribution in [3.63, 3.8) is 0 Å².